The first-order valence-corrected chi connectivity index (χ1v) is 13.3. The van der Waals surface area contributed by atoms with Gasteiger partial charge in [0, 0.05) is 23.1 Å². The number of hydrogen-bond donors (Lipinski definition) is 1. The maximum atomic E-state index is 13.6. The van der Waals surface area contributed by atoms with E-state index in [1.807, 2.05) is 5.38 Å². The number of carbonyl (C=O) groups excluding carboxylic acids is 1. The summed E-state index contributed by atoms with van der Waals surface area (Å²) in [4.78, 5) is 37.0. The largest absolute Gasteiger partial charge is 0.376 e. The maximum Gasteiger partial charge on any atom is 0.263 e. The Kier molecular flexibility index (Phi) is 6.14. The molecule has 1 aliphatic heterocycles. The Morgan fingerprint density at radius 3 is 3.10 bits per heavy atom. The smallest absolute Gasteiger partial charge is 0.263 e. The average molecular weight is 477 g/mol. The molecule has 0 aromatic carbocycles. The minimum Gasteiger partial charge on any atom is -0.376 e. The summed E-state index contributed by atoms with van der Waals surface area (Å²) in [6.45, 7) is 3.48. The second-order valence-electron chi connectivity index (χ2n) is 8.15. The number of nitrogens with one attached hydrogen (secondary N) is 1. The van der Waals surface area contributed by atoms with Gasteiger partial charge < -0.3 is 10.1 Å². The number of aromatic nitrogens is 3. The lowest BCUT2D eigenvalue weighted by Crippen LogP contribution is -2.29. The molecule has 2 aliphatic rings. The normalized spacial score (nSPS) is 20.8. The van der Waals surface area contributed by atoms with Crippen LogP contribution in [0.1, 0.15) is 36.6 Å². The number of amides is 1. The minimum absolute atomic E-state index is 0.00962. The summed E-state index contributed by atoms with van der Waals surface area (Å²) < 4.78 is 7.54. The van der Waals surface area contributed by atoms with Crippen LogP contribution in [-0.4, -0.2) is 38.9 Å². The highest BCUT2D eigenvalue weighted by molar-refractivity contribution is 7.99. The van der Waals surface area contributed by atoms with Crippen molar-refractivity contribution in [3.05, 3.63) is 32.4 Å². The van der Waals surface area contributed by atoms with Crippen molar-refractivity contribution in [2.75, 3.05) is 17.7 Å². The summed E-state index contributed by atoms with van der Waals surface area (Å²) in [6, 6.07) is 0. The van der Waals surface area contributed by atoms with E-state index in [0.717, 1.165) is 48.9 Å². The van der Waals surface area contributed by atoms with Gasteiger partial charge in [0.1, 0.15) is 4.83 Å². The number of carbonyl (C=O) groups is 1. The third-order valence-corrected chi connectivity index (χ3v) is 8.61. The van der Waals surface area contributed by atoms with Crippen molar-refractivity contribution < 1.29 is 9.53 Å². The number of thiophene rings is 1. The van der Waals surface area contributed by atoms with Crippen molar-refractivity contribution in [3.8, 4) is 0 Å². The Bertz CT molecular complexity index is 1150. The lowest BCUT2D eigenvalue weighted by Gasteiger charge is -2.18. The summed E-state index contributed by atoms with van der Waals surface area (Å²) in [7, 11) is 0. The third-order valence-electron chi connectivity index (χ3n) is 5.80. The molecule has 1 saturated heterocycles. The summed E-state index contributed by atoms with van der Waals surface area (Å²) in [6.07, 6.45) is 6.70. The van der Waals surface area contributed by atoms with Crippen LogP contribution in [0.4, 0.5) is 5.13 Å². The molecule has 0 bridgehead atoms. The number of aryl methyl sites for hydroxylation is 1. The van der Waals surface area contributed by atoms with Crippen molar-refractivity contribution in [1.82, 2.24) is 14.5 Å². The first kappa shape index (κ1) is 21.1. The fourth-order valence-electron chi connectivity index (χ4n) is 4.24. The fourth-order valence-corrected chi connectivity index (χ4v) is 7.02. The van der Waals surface area contributed by atoms with Gasteiger partial charge in [0.15, 0.2) is 10.3 Å². The van der Waals surface area contributed by atoms with E-state index in [-0.39, 0.29) is 23.3 Å². The number of thiazole rings is 1. The van der Waals surface area contributed by atoms with Crippen LogP contribution in [0.2, 0.25) is 0 Å². The number of hydrogen-bond acceptors (Lipinski definition) is 8. The van der Waals surface area contributed by atoms with Crippen molar-refractivity contribution in [1.29, 1.82) is 0 Å². The Morgan fingerprint density at radius 1 is 1.42 bits per heavy atom. The number of rotatable bonds is 6. The molecule has 10 heteroatoms. The summed E-state index contributed by atoms with van der Waals surface area (Å²) in [5.74, 6) is 0.654. The Labute approximate surface area is 192 Å². The summed E-state index contributed by atoms with van der Waals surface area (Å²) >= 11 is 4.33. The topological polar surface area (TPSA) is 86.1 Å². The summed E-state index contributed by atoms with van der Waals surface area (Å²) in [5.41, 5.74) is 1.20. The zero-order valence-corrected chi connectivity index (χ0v) is 19.7. The van der Waals surface area contributed by atoms with E-state index in [0.29, 0.717) is 22.8 Å². The quantitative estimate of drug-likeness (QED) is 0.428. The van der Waals surface area contributed by atoms with E-state index in [4.69, 9.17) is 9.72 Å². The van der Waals surface area contributed by atoms with Crippen molar-refractivity contribution in [3.63, 3.8) is 0 Å². The van der Waals surface area contributed by atoms with Crippen LogP contribution >= 0.6 is 34.4 Å². The molecule has 1 aliphatic carbocycles. The van der Waals surface area contributed by atoms with Crippen LogP contribution < -0.4 is 10.9 Å². The SMILES string of the molecule is CC1CCc2c(sc3nc(SCC(=O)Nc4nccs4)n(CC4CCCO4)c(=O)c23)C1. The van der Waals surface area contributed by atoms with Gasteiger partial charge in [0.05, 0.1) is 23.8 Å². The molecular formula is C21H24N4O3S3. The highest BCUT2D eigenvalue weighted by Gasteiger charge is 2.26. The number of thioether (sulfide) groups is 1. The molecule has 1 fully saturated rings. The van der Waals surface area contributed by atoms with Crippen LogP contribution in [0.3, 0.4) is 0 Å². The van der Waals surface area contributed by atoms with Crippen molar-refractivity contribution in [2.45, 2.75) is 56.8 Å². The van der Waals surface area contributed by atoms with Gasteiger partial charge in [0.2, 0.25) is 5.91 Å². The molecule has 31 heavy (non-hydrogen) atoms. The van der Waals surface area contributed by atoms with Gasteiger partial charge in [-0.05, 0) is 43.6 Å². The predicted octanol–water partition coefficient (Wildman–Crippen LogP) is 3.95. The molecule has 0 radical (unpaired) electrons. The van der Waals surface area contributed by atoms with Crippen LogP contribution in [0.15, 0.2) is 21.5 Å². The minimum atomic E-state index is -0.155. The fraction of sp³-hybridized carbons (Fsp3) is 0.524. The van der Waals surface area contributed by atoms with Crippen LogP contribution in [-0.2, 0) is 28.9 Å². The molecule has 1 amide bonds. The molecule has 2 unspecified atom stereocenters. The molecule has 5 rings (SSSR count). The first-order chi connectivity index (χ1) is 15.1. The van der Waals surface area contributed by atoms with Crippen LogP contribution in [0.5, 0.6) is 0 Å². The molecule has 4 heterocycles. The van der Waals surface area contributed by atoms with Gasteiger partial charge >= 0.3 is 0 Å². The van der Waals surface area contributed by atoms with Gasteiger partial charge in [-0.2, -0.15) is 0 Å². The summed E-state index contributed by atoms with van der Waals surface area (Å²) in [5, 5.41) is 6.55. The average Bonchev–Trinajstić information content (AvgIpc) is 3.49. The van der Waals surface area contributed by atoms with Gasteiger partial charge in [-0.3, -0.25) is 14.2 Å². The Hall–Kier alpha value is -1.75. The van der Waals surface area contributed by atoms with E-state index < -0.39 is 0 Å². The molecule has 0 saturated carbocycles. The van der Waals surface area contributed by atoms with E-state index in [1.165, 1.54) is 33.5 Å². The molecule has 2 atom stereocenters. The standard InChI is InChI=1S/C21H24N4O3S3/c1-12-4-5-14-15(9-12)31-18-17(14)19(27)25(10-13-3-2-7-28-13)21(24-18)30-11-16(26)23-20-22-6-8-29-20/h6,8,12-13H,2-5,7,9-11H2,1H3,(H,22,23,26). The number of ether oxygens (including phenoxy) is 1. The van der Waals surface area contributed by atoms with Gasteiger partial charge in [-0.1, -0.05) is 18.7 Å². The van der Waals surface area contributed by atoms with Gasteiger partial charge in [-0.15, -0.1) is 22.7 Å². The van der Waals surface area contributed by atoms with Crippen molar-refractivity contribution in [2.24, 2.45) is 5.92 Å². The lowest BCUT2D eigenvalue weighted by atomic mass is 9.89. The number of fused-ring (bicyclic) bond motifs is 3. The third kappa shape index (κ3) is 4.44. The van der Waals surface area contributed by atoms with E-state index in [9.17, 15) is 9.59 Å². The maximum absolute atomic E-state index is 13.6. The van der Waals surface area contributed by atoms with Crippen molar-refractivity contribution >= 4 is 55.7 Å². The second kappa shape index (κ2) is 9.01. The van der Waals surface area contributed by atoms with Crippen LogP contribution in [0.25, 0.3) is 10.2 Å². The predicted molar refractivity (Wildman–Crippen MR) is 126 cm³/mol. The number of anilines is 1. The zero-order chi connectivity index (χ0) is 21.4. The van der Waals surface area contributed by atoms with E-state index >= 15 is 0 Å². The molecule has 3 aromatic rings. The second-order valence-corrected chi connectivity index (χ2v) is 11.1. The van der Waals surface area contributed by atoms with E-state index in [2.05, 4.69) is 17.2 Å². The van der Waals surface area contributed by atoms with Crippen LogP contribution in [0, 0.1) is 5.92 Å². The molecule has 164 valence electrons. The molecular weight excluding hydrogens is 452 g/mol. The van der Waals surface area contributed by atoms with Gasteiger partial charge in [-0.25, -0.2) is 9.97 Å². The Morgan fingerprint density at radius 2 is 2.32 bits per heavy atom. The molecule has 3 aromatic heterocycles. The zero-order valence-electron chi connectivity index (χ0n) is 17.3. The number of nitrogens with zero attached hydrogens (tertiary/aromatic N) is 3. The molecule has 7 nitrogen and oxygen atoms in total. The highest BCUT2D eigenvalue weighted by Crippen LogP contribution is 2.36. The monoisotopic (exact) mass is 476 g/mol. The highest BCUT2D eigenvalue weighted by atomic mass is 32.2. The van der Waals surface area contributed by atoms with E-state index in [1.54, 1.807) is 22.1 Å². The lowest BCUT2D eigenvalue weighted by molar-refractivity contribution is -0.113. The van der Waals surface area contributed by atoms with Gasteiger partial charge in [0.25, 0.3) is 5.56 Å². The molecule has 0 spiro atoms. The Balaban J connectivity index is 1.47. The first-order valence-electron chi connectivity index (χ1n) is 10.6. The molecule has 1 N–H and O–H groups in total.